The second kappa shape index (κ2) is 4.96. The Hall–Kier alpha value is -1.58. The minimum Gasteiger partial charge on any atom is -0.398 e. The van der Waals surface area contributed by atoms with Crippen LogP contribution in [0, 0.1) is 12.7 Å². The number of aliphatic hydroxyl groups excluding tert-OH is 1. The lowest BCUT2D eigenvalue weighted by molar-refractivity contribution is 0.220. The van der Waals surface area contributed by atoms with Crippen molar-refractivity contribution in [2.45, 2.75) is 13.0 Å². The van der Waals surface area contributed by atoms with Gasteiger partial charge in [-0.2, -0.15) is 0 Å². The van der Waals surface area contributed by atoms with Crippen molar-refractivity contribution >= 4 is 17.3 Å². The first-order chi connectivity index (χ1) is 8.49. The van der Waals surface area contributed by atoms with Gasteiger partial charge in [-0.15, -0.1) is 0 Å². The Morgan fingerprint density at radius 1 is 1.17 bits per heavy atom. The van der Waals surface area contributed by atoms with Gasteiger partial charge in [0.15, 0.2) is 0 Å². The molecule has 94 valence electrons. The molecule has 2 aromatic rings. The van der Waals surface area contributed by atoms with Crippen LogP contribution < -0.4 is 5.73 Å². The predicted molar refractivity (Wildman–Crippen MR) is 71.1 cm³/mol. The molecular weight excluding hydrogens is 253 g/mol. The summed E-state index contributed by atoms with van der Waals surface area (Å²) in [4.78, 5) is 0. The molecular formula is C14H13ClFNO. The van der Waals surface area contributed by atoms with Crippen molar-refractivity contribution in [2.75, 3.05) is 5.73 Å². The summed E-state index contributed by atoms with van der Waals surface area (Å²) in [6.07, 6.45) is -0.886. The molecule has 3 N–H and O–H groups in total. The van der Waals surface area contributed by atoms with E-state index in [-0.39, 0.29) is 5.82 Å². The van der Waals surface area contributed by atoms with Crippen LogP contribution in [-0.4, -0.2) is 5.11 Å². The van der Waals surface area contributed by atoms with Crippen LogP contribution >= 0.6 is 11.6 Å². The van der Waals surface area contributed by atoms with E-state index in [1.165, 1.54) is 12.1 Å². The zero-order valence-corrected chi connectivity index (χ0v) is 10.6. The van der Waals surface area contributed by atoms with E-state index < -0.39 is 6.10 Å². The third-order valence-electron chi connectivity index (χ3n) is 2.87. The maximum Gasteiger partial charge on any atom is 0.123 e. The van der Waals surface area contributed by atoms with Gasteiger partial charge in [0.2, 0.25) is 0 Å². The van der Waals surface area contributed by atoms with Gasteiger partial charge in [0.05, 0.1) is 0 Å². The molecule has 0 radical (unpaired) electrons. The summed E-state index contributed by atoms with van der Waals surface area (Å²) in [6, 6.07) is 9.17. The Labute approximate surface area is 110 Å². The minimum absolute atomic E-state index is 0.326. The van der Waals surface area contributed by atoms with Gasteiger partial charge in [0.25, 0.3) is 0 Å². The smallest absolute Gasteiger partial charge is 0.123 e. The number of benzene rings is 2. The van der Waals surface area contributed by atoms with Gasteiger partial charge in [-0.3, -0.25) is 0 Å². The SMILES string of the molecule is Cc1cc(F)ccc1C(O)c1ccc(Cl)cc1N. The maximum absolute atomic E-state index is 13.0. The fourth-order valence-corrected chi connectivity index (χ4v) is 2.09. The van der Waals surface area contributed by atoms with Crippen molar-refractivity contribution in [1.29, 1.82) is 0 Å². The summed E-state index contributed by atoms with van der Waals surface area (Å²) < 4.78 is 13.0. The van der Waals surface area contributed by atoms with Crippen LogP contribution in [0.5, 0.6) is 0 Å². The van der Waals surface area contributed by atoms with E-state index in [4.69, 9.17) is 17.3 Å². The van der Waals surface area contributed by atoms with E-state index in [0.29, 0.717) is 27.4 Å². The minimum atomic E-state index is -0.886. The van der Waals surface area contributed by atoms with Crippen LogP contribution in [0.1, 0.15) is 22.8 Å². The lowest BCUT2D eigenvalue weighted by Crippen LogP contribution is -2.05. The Morgan fingerprint density at radius 3 is 2.44 bits per heavy atom. The van der Waals surface area contributed by atoms with Crippen LogP contribution in [0.2, 0.25) is 5.02 Å². The van der Waals surface area contributed by atoms with Gasteiger partial charge in [-0.25, -0.2) is 4.39 Å². The van der Waals surface area contributed by atoms with Crippen molar-refractivity contribution in [3.63, 3.8) is 0 Å². The van der Waals surface area contributed by atoms with Gasteiger partial charge in [0.1, 0.15) is 11.9 Å². The van der Waals surface area contributed by atoms with Gasteiger partial charge >= 0.3 is 0 Å². The highest BCUT2D eigenvalue weighted by atomic mass is 35.5. The topological polar surface area (TPSA) is 46.2 Å². The monoisotopic (exact) mass is 265 g/mol. The molecule has 0 aliphatic rings. The van der Waals surface area contributed by atoms with Crippen LogP contribution in [0.4, 0.5) is 10.1 Å². The van der Waals surface area contributed by atoms with Gasteiger partial charge in [-0.1, -0.05) is 23.7 Å². The Morgan fingerprint density at radius 2 is 1.83 bits per heavy atom. The van der Waals surface area contributed by atoms with E-state index in [9.17, 15) is 9.50 Å². The molecule has 18 heavy (non-hydrogen) atoms. The molecule has 1 unspecified atom stereocenters. The molecule has 0 heterocycles. The van der Waals surface area contributed by atoms with Crippen molar-refractivity contribution < 1.29 is 9.50 Å². The van der Waals surface area contributed by atoms with Crippen LogP contribution in [0.3, 0.4) is 0 Å². The molecule has 0 aromatic heterocycles. The maximum atomic E-state index is 13.0. The molecule has 0 amide bonds. The Bertz CT molecular complexity index is 535. The largest absolute Gasteiger partial charge is 0.398 e. The van der Waals surface area contributed by atoms with Crippen molar-refractivity contribution in [1.82, 2.24) is 0 Å². The Balaban J connectivity index is 2.44. The lowest BCUT2D eigenvalue weighted by atomic mass is 9.96. The van der Waals surface area contributed by atoms with Gasteiger partial charge < -0.3 is 10.8 Å². The number of aryl methyl sites for hydroxylation is 1. The summed E-state index contributed by atoms with van der Waals surface area (Å²) in [7, 11) is 0. The highest BCUT2D eigenvalue weighted by Gasteiger charge is 2.16. The normalized spacial score (nSPS) is 12.4. The third-order valence-corrected chi connectivity index (χ3v) is 3.10. The average molecular weight is 266 g/mol. The second-order valence-electron chi connectivity index (χ2n) is 4.18. The zero-order chi connectivity index (χ0) is 13.3. The van der Waals surface area contributed by atoms with Crippen molar-refractivity contribution in [2.24, 2.45) is 0 Å². The molecule has 2 nitrogen and oxygen atoms in total. The standard InChI is InChI=1S/C14H13ClFNO/c1-8-6-10(16)3-5-11(8)14(18)12-4-2-9(15)7-13(12)17/h2-7,14,18H,17H2,1H3. The van der Waals surface area contributed by atoms with Crippen molar-refractivity contribution in [3.05, 3.63) is 63.9 Å². The number of aliphatic hydroxyl groups is 1. The number of nitrogens with two attached hydrogens (primary N) is 1. The molecule has 0 fully saturated rings. The van der Waals surface area contributed by atoms with Crippen LogP contribution in [0.25, 0.3) is 0 Å². The quantitative estimate of drug-likeness (QED) is 0.817. The first-order valence-electron chi connectivity index (χ1n) is 5.48. The summed E-state index contributed by atoms with van der Waals surface area (Å²) >= 11 is 5.81. The molecule has 1 atom stereocenters. The first-order valence-corrected chi connectivity index (χ1v) is 5.86. The first kappa shape index (κ1) is 12.9. The second-order valence-corrected chi connectivity index (χ2v) is 4.61. The zero-order valence-electron chi connectivity index (χ0n) is 9.82. The molecule has 0 saturated heterocycles. The van der Waals surface area contributed by atoms with E-state index in [0.717, 1.165) is 0 Å². The predicted octanol–water partition coefficient (Wildman–Crippen LogP) is 3.45. The Kier molecular flexibility index (Phi) is 3.55. The summed E-state index contributed by atoms with van der Waals surface area (Å²) in [6.45, 7) is 1.74. The van der Waals surface area contributed by atoms with Gasteiger partial charge in [0, 0.05) is 16.3 Å². The summed E-state index contributed by atoms with van der Waals surface area (Å²) in [5, 5.41) is 10.8. The van der Waals surface area contributed by atoms with Gasteiger partial charge in [-0.05, 0) is 42.3 Å². The van der Waals surface area contributed by atoms with Crippen molar-refractivity contribution in [3.8, 4) is 0 Å². The molecule has 0 bridgehead atoms. The van der Waals surface area contributed by atoms with E-state index >= 15 is 0 Å². The molecule has 0 saturated carbocycles. The molecule has 0 spiro atoms. The van der Waals surface area contributed by atoms with E-state index in [1.54, 1.807) is 31.2 Å². The molecule has 2 rings (SSSR count). The van der Waals surface area contributed by atoms with E-state index in [2.05, 4.69) is 0 Å². The number of hydrogen-bond donors (Lipinski definition) is 2. The molecule has 0 aliphatic carbocycles. The summed E-state index contributed by atoms with van der Waals surface area (Å²) in [5.41, 5.74) is 8.11. The number of anilines is 1. The number of halogens is 2. The number of rotatable bonds is 2. The number of hydrogen-bond acceptors (Lipinski definition) is 2. The third kappa shape index (κ3) is 2.47. The highest BCUT2D eigenvalue weighted by Crippen LogP contribution is 2.30. The summed E-state index contributed by atoms with van der Waals surface area (Å²) in [5.74, 6) is -0.326. The fraction of sp³-hybridized carbons (Fsp3) is 0.143. The fourth-order valence-electron chi connectivity index (χ4n) is 1.91. The number of nitrogen functional groups attached to an aromatic ring is 1. The van der Waals surface area contributed by atoms with Crippen LogP contribution in [-0.2, 0) is 0 Å². The lowest BCUT2D eigenvalue weighted by Gasteiger charge is -2.16. The van der Waals surface area contributed by atoms with E-state index in [1.807, 2.05) is 0 Å². The molecule has 2 aromatic carbocycles. The molecule has 4 heteroatoms. The average Bonchev–Trinajstić information content (AvgIpc) is 2.28. The molecule has 0 aliphatic heterocycles. The highest BCUT2D eigenvalue weighted by molar-refractivity contribution is 6.30. The van der Waals surface area contributed by atoms with Crippen LogP contribution in [0.15, 0.2) is 36.4 Å².